The summed E-state index contributed by atoms with van der Waals surface area (Å²) in [7, 11) is 3.05. The van der Waals surface area contributed by atoms with Gasteiger partial charge < -0.3 is 19.5 Å². The first kappa shape index (κ1) is 17.6. The van der Waals surface area contributed by atoms with Crippen LogP contribution in [-0.4, -0.2) is 26.2 Å². The average Bonchev–Trinajstić information content (AvgIpc) is 2.60. The fraction of sp³-hybridized carbons (Fsp3) is 0.278. The van der Waals surface area contributed by atoms with E-state index < -0.39 is 11.9 Å². The SMILES string of the molecule is CC[C@H](Oc1ccccc1F)C(=O)Nc1ccc(OC)c(OC)c1. The van der Waals surface area contributed by atoms with E-state index in [0.29, 0.717) is 23.6 Å². The van der Waals surface area contributed by atoms with E-state index in [4.69, 9.17) is 14.2 Å². The molecule has 0 saturated heterocycles. The first-order chi connectivity index (χ1) is 11.6. The van der Waals surface area contributed by atoms with E-state index in [1.807, 2.05) is 0 Å². The molecule has 0 heterocycles. The maximum absolute atomic E-state index is 13.7. The quantitative estimate of drug-likeness (QED) is 0.840. The smallest absolute Gasteiger partial charge is 0.265 e. The molecule has 0 bridgehead atoms. The number of methoxy groups -OCH3 is 2. The number of halogens is 1. The van der Waals surface area contributed by atoms with Crippen molar-refractivity contribution in [1.82, 2.24) is 0 Å². The van der Waals surface area contributed by atoms with Crippen molar-refractivity contribution in [3.05, 3.63) is 48.3 Å². The maximum Gasteiger partial charge on any atom is 0.265 e. The van der Waals surface area contributed by atoms with Crippen LogP contribution in [0.5, 0.6) is 17.2 Å². The van der Waals surface area contributed by atoms with Gasteiger partial charge in [0.25, 0.3) is 5.91 Å². The number of para-hydroxylation sites is 1. The molecule has 0 unspecified atom stereocenters. The first-order valence-corrected chi connectivity index (χ1v) is 7.53. The lowest BCUT2D eigenvalue weighted by molar-refractivity contribution is -0.122. The number of carbonyl (C=O) groups excluding carboxylic acids is 1. The van der Waals surface area contributed by atoms with Gasteiger partial charge in [-0.25, -0.2) is 4.39 Å². The summed E-state index contributed by atoms with van der Waals surface area (Å²) in [5.41, 5.74) is 0.535. The first-order valence-electron chi connectivity index (χ1n) is 7.53. The predicted octanol–water partition coefficient (Wildman–Crippen LogP) is 3.64. The molecule has 2 aromatic rings. The Morgan fingerprint density at radius 3 is 2.42 bits per heavy atom. The highest BCUT2D eigenvalue weighted by atomic mass is 19.1. The number of amides is 1. The number of benzene rings is 2. The Hall–Kier alpha value is -2.76. The van der Waals surface area contributed by atoms with Crippen LogP contribution in [-0.2, 0) is 4.79 Å². The summed E-state index contributed by atoms with van der Waals surface area (Å²) in [5.74, 6) is 0.234. The van der Waals surface area contributed by atoms with E-state index in [9.17, 15) is 9.18 Å². The van der Waals surface area contributed by atoms with Crippen LogP contribution in [0.2, 0.25) is 0 Å². The molecule has 24 heavy (non-hydrogen) atoms. The largest absolute Gasteiger partial charge is 0.493 e. The Morgan fingerprint density at radius 1 is 1.08 bits per heavy atom. The second kappa shape index (κ2) is 8.19. The predicted molar refractivity (Wildman–Crippen MR) is 89.3 cm³/mol. The van der Waals surface area contributed by atoms with Crippen molar-refractivity contribution in [2.24, 2.45) is 0 Å². The van der Waals surface area contributed by atoms with Crippen molar-refractivity contribution in [3.8, 4) is 17.2 Å². The zero-order valence-electron chi connectivity index (χ0n) is 13.8. The van der Waals surface area contributed by atoms with Gasteiger partial charge in [-0.05, 0) is 30.7 Å². The Balaban J connectivity index is 2.11. The molecular weight excluding hydrogens is 313 g/mol. The normalized spacial score (nSPS) is 11.5. The lowest BCUT2D eigenvalue weighted by atomic mass is 10.2. The zero-order valence-corrected chi connectivity index (χ0v) is 13.8. The summed E-state index contributed by atoms with van der Waals surface area (Å²) >= 11 is 0. The number of hydrogen-bond donors (Lipinski definition) is 1. The number of anilines is 1. The molecule has 128 valence electrons. The minimum absolute atomic E-state index is 0.0480. The third kappa shape index (κ3) is 4.16. The van der Waals surface area contributed by atoms with E-state index in [0.717, 1.165) is 0 Å². The minimum Gasteiger partial charge on any atom is -0.493 e. The van der Waals surface area contributed by atoms with Gasteiger partial charge in [0.1, 0.15) is 0 Å². The molecule has 0 fully saturated rings. The van der Waals surface area contributed by atoms with Crippen molar-refractivity contribution in [1.29, 1.82) is 0 Å². The number of nitrogens with one attached hydrogen (secondary N) is 1. The molecule has 0 aliphatic carbocycles. The van der Waals surface area contributed by atoms with Gasteiger partial charge in [0, 0.05) is 11.8 Å². The highest BCUT2D eigenvalue weighted by molar-refractivity contribution is 5.94. The highest BCUT2D eigenvalue weighted by Crippen LogP contribution is 2.30. The van der Waals surface area contributed by atoms with E-state index in [2.05, 4.69) is 5.32 Å². The molecular formula is C18H20FNO4. The molecule has 0 radical (unpaired) electrons. The van der Waals surface area contributed by atoms with E-state index in [1.165, 1.54) is 26.4 Å². The number of hydrogen-bond acceptors (Lipinski definition) is 4. The van der Waals surface area contributed by atoms with E-state index in [1.54, 1.807) is 37.3 Å². The summed E-state index contributed by atoms with van der Waals surface area (Å²) in [4.78, 5) is 12.4. The van der Waals surface area contributed by atoms with Crippen LogP contribution < -0.4 is 19.5 Å². The van der Waals surface area contributed by atoms with Crippen molar-refractivity contribution in [3.63, 3.8) is 0 Å². The van der Waals surface area contributed by atoms with E-state index >= 15 is 0 Å². The van der Waals surface area contributed by atoms with Gasteiger partial charge in [-0.15, -0.1) is 0 Å². The van der Waals surface area contributed by atoms with Gasteiger partial charge in [0.2, 0.25) is 0 Å². The van der Waals surface area contributed by atoms with Crippen LogP contribution in [0.1, 0.15) is 13.3 Å². The topological polar surface area (TPSA) is 56.8 Å². The molecule has 2 rings (SSSR count). The summed E-state index contributed by atoms with van der Waals surface area (Å²) < 4.78 is 29.5. The van der Waals surface area contributed by atoms with Crippen molar-refractivity contribution >= 4 is 11.6 Å². The van der Waals surface area contributed by atoms with Crippen LogP contribution in [0.25, 0.3) is 0 Å². The molecule has 5 nitrogen and oxygen atoms in total. The second-order valence-corrected chi connectivity index (χ2v) is 5.00. The fourth-order valence-corrected chi connectivity index (χ4v) is 2.15. The van der Waals surface area contributed by atoms with Crippen LogP contribution in [0, 0.1) is 5.82 Å². The zero-order chi connectivity index (χ0) is 17.5. The summed E-state index contributed by atoms with van der Waals surface area (Å²) in [6, 6.07) is 11.0. The Morgan fingerprint density at radius 2 is 1.79 bits per heavy atom. The van der Waals surface area contributed by atoms with Gasteiger partial charge in [-0.2, -0.15) is 0 Å². The Bertz CT molecular complexity index is 705. The average molecular weight is 333 g/mol. The van der Waals surface area contributed by atoms with Gasteiger partial charge in [-0.1, -0.05) is 19.1 Å². The van der Waals surface area contributed by atoms with Gasteiger partial charge >= 0.3 is 0 Å². The molecule has 0 aromatic heterocycles. The van der Waals surface area contributed by atoms with Gasteiger partial charge in [0.05, 0.1) is 14.2 Å². The third-order valence-corrected chi connectivity index (χ3v) is 3.42. The summed E-state index contributed by atoms with van der Waals surface area (Å²) in [5, 5.41) is 2.74. The summed E-state index contributed by atoms with van der Waals surface area (Å²) in [6.45, 7) is 1.79. The van der Waals surface area contributed by atoms with Crippen molar-refractivity contribution in [2.75, 3.05) is 19.5 Å². The van der Waals surface area contributed by atoms with Crippen LogP contribution in [0.4, 0.5) is 10.1 Å². The molecule has 0 spiro atoms. The van der Waals surface area contributed by atoms with Crippen LogP contribution >= 0.6 is 0 Å². The minimum atomic E-state index is -0.810. The van der Waals surface area contributed by atoms with Gasteiger partial charge in [-0.3, -0.25) is 4.79 Å². The second-order valence-electron chi connectivity index (χ2n) is 5.00. The van der Waals surface area contributed by atoms with Crippen LogP contribution in [0.15, 0.2) is 42.5 Å². The lowest BCUT2D eigenvalue weighted by Gasteiger charge is -2.18. The fourth-order valence-electron chi connectivity index (χ4n) is 2.15. The lowest BCUT2D eigenvalue weighted by Crippen LogP contribution is -2.32. The van der Waals surface area contributed by atoms with E-state index in [-0.39, 0.29) is 11.7 Å². The standard InChI is InChI=1S/C18H20FNO4/c1-4-14(24-15-8-6-5-7-13(15)19)18(21)20-12-9-10-16(22-2)17(11-12)23-3/h5-11,14H,4H2,1-3H3,(H,20,21)/t14-/m0/s1. The monoisotopic (exact) mass is 333 g/mol. The number of rotatable bonds is 7. The molecule has 0 aliphatic heterocycles. The number of ether oxygens (including phenoxy) is 3. The maximum atomic E-state index is 13.7. The van der Waals surface area contributed by atoms with Crippen molar-refractivity contribution < 1.29 is 23.4 Å². The molecule has 0 aliphatic rings. The molecule has 2 aromatic carbocycles. The Kier molecular flexibility index (Phi) is 6.01. The Labute approximate surface area is 140 Å². The van der Waals surface area contributed by atoms with Crippen molar-refractivity contribution in [2.45, 2.75) is 19.4 Å². The summed E-state index contributed by atoms with van der Waals surface area (Å²) in [6.07, 6.45) is -0.414. The molecule has 1 N–H and O–H groups in total. The van der Waals surface area contributed by atoms with Crippen LogP contribution in [0.3, 0.4) is 0 Å². The molecule has 0 saturated carbocycles. The third-order valence-electron chi connectivity index (χ3n) is 3.42. The highest BCUT2D eigenvalue weighted by Gasteiger charge is 2.20. The van der Waals surface area contributed by atoms with Gasteiger partial charge in [0.15, 0.2) is 29.2 Å². The molecule has 1 atom stereocenters. The molecule has 1 amide bonds. The number of carbonyl (C=O) groups is 1. The molecule has 6 heteroatoms.